The van der Waals surface area contributed by atoms with E-state index in [0.717, 1.165) is 18.0 Å². The second-order valence-corrected chi connectivity index (χ2v) is 5.78. The van der Waals surface area contributed by atoms with E-state index in [1.807, 2.05) is 6.07 Å². The van der Waals surface area contributed by atoms with E-state index >= 15 is 0 Å². The van der Waals surface area contributed by atoms with Gasteiger partial charge in [0.2, 0.25) is 0 Å². The minimum atomic E-state index is 0.236. The maximum atomic E-state index is 6.06. The molecule has 0 bridgehead atoms. The molecule has 0 fully saturated rings. The Balaban J connectivity index is 2.45. The molecule has 0 aliphatic carbocycles. The first-order chi connectivity index (χ1) is 6.98. The molecule has 1 unspecified atom stereocenters. The highest BCUT2D eigenvalue weighted by atomic mass is 35.5. The van der Waals surface area contributed by atoms with Crippen LogP contribution in [0.15, 0.2) is 18.2 Å². The van der Waals surface area contributed by atoms with Crippen molar-refractivity contribution in [1.82, 2.24) is 5.32 Å². The van der Waals surface area contributed by atoms with Crippen LogP contribution in [0.5, 0.6) is 0 Å². The van der Waals surface area contributed by atoms with Crippen LogP contribution in [0.25, 0.3) is 0 Å². The van der Waals surface area contributed by atoms with Gasteiger partial charge < -0.3 is 5.32 Å². The Hall–Kier alpha value is -0.530. The van der Waals surface area contributed by atoms with Gasteiger partial charge in [-0.15, -0.1) is 0 Å². The number of halogens is 1. The fourth-order valence-electron chi connectivity index (χ4n) is 2.30. The average molecular weight is 224 g/mol. The molecule has 0 spiro atoms. The van der Waals surface area contributed by atoms with Gasteiger partial charge in [0.25, 0.3) is 0 Å². The van der Waals surface area contributed by atoms with E-state index in [1.165, 1.54) is 11.1 Å². The third-order valence-electron chi connectivity index (χ3n) is 3.03. The molecule has 1 aromatic carbocycles. The first-order valence-electron chi connectivity index (χ1n) is 5.50. The van der Waals surface area contributed by atoms with Crippen LogP contribution in [-0.2, 0) is 6.42 Å². The minimum Gasteiger partial charge on any atom is -0.309 e. The Bertz CT molecular complexity index is 365. The van der Waals surface area contributed by atoms with Crippen LogP contribution in [0.2, 0.25) is 5.02 Å². The van der Waals surface area contributed by atoms with Gasteiger partial charge >= 0.3 is 0 Å². The smallest absolute Gasteiger partial charge is 0.0409 e. The molecule has 1 aromatic rings. The van der Waals surface area contributed by atoms with Crippen LogP contribution in [-0.4, -0.2) is 6.54 Å². The second-order valence-electron chi connectivity index (χ2n) is 5.35. The SMILES string of the molecule is CC(C)(C)C1NCCc2ccc(Cl)cc21. The van der Waals surface area contributed by atoms with Crippen molar-refractivity contribution in [1.29, 1.82) is 0 Å². The molecule has 1 atom stereocenters. The van der Waals surface area contributed by atoms with Crippen molar-refractivity contribution >= 4 is 11.6 Å². The van der Waals surface area contributed by atoms with E-state index in [4.69, 9.17) is 11.6 Å². The van der Waals surface area contributed by atoms with Crippen molar-refractivity contribution in [3.8, 4) is 0 Å². The van der Waals surface area contributed by atoms with Crippen molar-refractivity contribution in [3.05, 3.63) is 34.3 Å². The van der Waals surface area contributed by atoms with Gasteiger partial charge in [0.05, 0.1) is 0 Å². The quantitative estimate of drug-likeness (QED) is 0.709. The standard InChI is InChI=1S/C13H18ClN/c1-13(2,3)12-11-8-10(14)5-4-9(11)6-7-15-12/h4-5,8,12,15H,6-7H2,1-3H3. The number of rotatable bonds is 0. The van der Waals surface area contributed by atoms with Crippen LogP contribution in [0.3, 0.4) is 0 Å². The van der Waals surface area contributed by atoms with Crippen LogP contribution in [0.1, 0.15) is 37.9 Å². The summed E-state index contributed by atoms with van der Waals surface area (Å²) in [5.74, 6) is 0. The van der Waals surface area contributed by atoms with Gasteiger partial charge in [0.1, 0.15) is 0 Å². The fourth-order valence-corrected chi connectivity index (χ4v) is 2.48. The lowest BCUT2D eigenvalue weighted by molar-refractivity contribution is 0.263. The van der Waals surface area contributed by atoms with Crippen molar-refractivity contribution in [2.75, 3.05) is 6.54 Å². The Morgan fingerprint density at radius 2 is 2.07 bits per heavy atom. The molecule has 0 amide bonds. The van der Waals surface area contributed by atoms with Gasteiger partial charge in [-0.05, 0) is 41.6 Å². The Kier molecular flexibility index (Phi) is 2.78. The van der Waals surface area contributed by atoms with E-state index in [-0.39, 0.29) is 5.41 Å². The summed E-state index contributed by atoms with van der Waals surface area (Å²) < 4.78 is 0. The number of nitrogens with one attached hydrogen (secondary N) is 1. The van der Waals surface area contributed by atoms with Crippen LogP contribution >= 0.6 is 11.6 Å². The summed E-state index contributed by atoms with van der Waals surface area (Å²) in [7, 11) is 0. The molecule has 0 saturated heterocycles. The number of fused-ring (bicyclic) bond motifs is 1. The summed E-state index contributed by atoms with van der Waals surface area (Å²) in [6, 6.07) is 6.68. The zero-order valence-electron chi connectivity index (χ0n) is 9.60. The Morgan fingerprint density at radius 1 is 1.33 bits per heavy atom. The molecule has 1 heterocycles. The lowest BCUT2D eigenvalue weighted by Gasteiger charge is -2.36. The topological polar surface area (TPSA) is 12.0 Å². The highest BCUT2D eigenvalue weighted by molar-refractivity contribution is 6.30. The van der Waals surface area contributed by atoms with Crippen molar-refractivity contribution in [3.63, 3.8) is 0 Å². The minimum absolute atomic E-state index is 0.236. The molecule has 82 valence electrons. The number of hydrogen-bond donors (Lipinski definition) is 1. The molecule has 1 N–H and O–H groups in total. The van der Waals surface area contributed by atoms with Gasteiger partial charge in [-0.2, -0.15) is 0 Å². The van der Waals surface area contributed by atoms with E-state index < -0.39 is 0 Å². The van der Waals surface area contributed by atoms with Crippen LogP contribution in [0.4, 0.5) is 0 Å². The first kappa shape index (κ1) is 11.0. The maximum absolute atomic E-state index is 6.06. The molecule has 0 radical (unpaired) electrons. The highest BCUT2D eigenvalue weighted by Gasteiger charge is 2.29. The van der Waals surface area contributed by atoms with Gasteiger partial charge in [-0.25, -0.2) is 0 Å². The third-order valence-corrected chi connectivity index (χ3v) is 3.26. The number of benzene rings is 1. The molecule has 2 rings (SSSR count). The van der Waals surface area contributed by atoms with Gasteiger partial charge in [-0.1, -0.05) is 38.4 Å². The summed E-state index contributed by atoms with van der Waals surface area (Å²) >= 11 is 6.06. The van der Waals surface area contributed by atoms with Gasteiger partial charge in [-0.3, -0.25) is 0 Å². The van der Waals surface area contributed by atoms with Crippen molar-refractivity contribution in [2.45, 2.75) is 33.2 Å². The van der Waals surface area contributed by atoms with Gasteiger partial charge in [0, 0.05) is 11.1 Å². The Morgan fingerprint density at radius 3 is 2.73 bits per heavy atom. The Labute approximate surface area is 96.8 Å². The number of hydrogen-bond acceptors (Lipinski definition) is 1. The van der Waals surface area contributed by atoms with Gasteiger partial charge in [0.15, 0.2) is 0 Å². The molecule has 2 heteroatoms. The third kappa shape index (κ3) is 2.19. The van der Waals surface area contributed by atoms with E-state index in [0.29, 0.717) is 6.04 Å². The lowest BCUT2D eigenvalue weighted by atomic mass is 9.78. The van der Waals surface area contributed by atoms with Crippen LogP contribution in [0, 0.1) is 5.41 Å². The molecule has 1 aliphatic rings. The largest absolute Gasteiger partial charge is 0.309 e. The molecule has 0 aromatic heterocycles. The summed E-state index contributed by atoms with van der Waals surface area (Å²) in [5.41, 5.74) is 3.05. The first-order valence-corrected chi connectivity index (χ1v) is 5.88. The van der Waals surface area contributed by atoms with Crippen LogP contribution < -0.4 is 5.32 Å². The zero-order valence-corrected chi connectivity index (χ0v) is 10.4. The molecule has 0 saturated carbocycles. The van der Waals surface area contributed by atoms with E-state index in [2.05, 4.69) is 38.2 Å². The summed E-state index contributed by atoms with van der Waals surface area (Å²) in [4.78, 5) is 0. The normalized spacial score (nSPS) is 21.2. The molecular formula is C13H18ClN. The summed E-state index contributed by atoms with van der Waals surface area (Å²) in [5, 5.41) is 4.42. The van der Waals surface area contributed by atoms with E-state index in [9.17, 15) is 0 Å². The predicted octanol–water partition coefficient (Wildman–Crippen LogP) is 3.57. The van der Waals surface area contributed by atoms with Crippen molar-refractivity contribution in [2.24, 2.45) is 5.41 Å². The molecule has 1 nitrogen and oxygen atoms in total. The lowest BCUT2D eigenvalue weighted by Crippen LogP contribution is -2.37. The second kappa shape index (κ2) is 3.80. The molecular weight excluding hydrogens is 206 g/mol. The van der Waals surface area contributed by atoms with Crippen molar-refractivity contribution < 1.29 is 0 Å². The van der Waals surface area contributed by atoms with E-state index in [1.54, 1.807) is 0 Å². The monoisotopic (exact) mass is 223 g/mol. The highest BCUT2D eigenvalue weighted by Crippen LogP contribution is 2.37. The predicted molar refractivity (Wildman–Crippen MR) is 65.4 cm³/mol. The maximum Gasteiger partial charge on any atom is 0.0409 e. The summed E-state index contributed by atoms with van der Waals surface area (Å²) in [6.07, 6.45) is 1.11. The summed E-state index contributed by atoms with van der Waals surface area (Å²) in [6.45, 7) is 7.86. The fraction of sp³-hybridized carbons (Fsp3) is 0.538. The zero-order chi connectivity index (χ0) is 11.1. The molecule has 1 aliphatic heterocycles. The molecule has 15 heavy (non-hydrogen) atoms. The average Bonchev–Trinajstić information content (AvgIpc) is 2.15.